The van der Waals surface area contributed by atoms with Crippen molar-refractivity contribution in [1.29, 1.82) is 0 Å². The van der Waals surface area contributed by atoms with Gasteiger partial charge in [0.1, 0.15) is 22.4 Å². The number of pyridine rings is 1. The maximum atomic E-state index is 13.0. The van der Waals surface area contributed by atoms with Crippen molar-refractivity contribution in [2.45, 2.75) is 6.54 Å². The molecule has 0 amide bonds. The van der Waals surface area contributed by atoms with Crippen LogP contribution >= 0.6 is 11.6 Å². The van der Waals surface area contributed by atoms with Crippen molar-refractivity contribution in [3.05, 3.63) is 52.7 Å². The zero-order chi connectivity index (χ0) is 13.1. The third-order valence-corrected chi connectivity index (χ3v) is 2.61. The number of hydrogen-bond donors (Lipinski definition) is 1. The minimum atomic E-state index is -0.740. The molecule has 0 bridgehead atoms. The second-order valence-electron chi connectivity index (χ2n) is 3.50. The van der Waals surface area contributed by atoms with Gasteiger partial charge in [-0.2, -0.15) is 0 Å². The molecule has 0 aliphatic rings. The normalized spacial score (nSPS) is 10.4. The molecule has 0 atom stereocenters. The monoisotopic (exact) mass is 270 g/mol. The maximum absolute atomic E-state index is 13.0. The van der Waals surface area contributed by atoms with Gasteiger partial charge in [0.05, 0.1) is 0 Å². The summed E-state index contributed by atoms with van der Waals surface area (Å²) >= 11 is 5.98. The lowest BCUT2D eigenvalue weighted by Gasteiger charge is -2.08. The van der Waals surface area contributed by atoms with Gasteiger partial charge in [0.2, 0.25) is 5.88 Å². The first-order valence-electron chi connectivity index (χ1n) is 5.07. The van der Waals surface area contributed by atoms with E-state index >= 15 is 0 Å². The Morgan fingerprint density at radius 1 is 1.22 bits per heavy atom. The fourth-order valence-corrected chi connectivity index (χ4v) is 1.62. The Labute approximate surface area is 107 Å². The Kier molecular flexibility index (Phi) is 3.74. The molecule has 2 aromatic rings. The van der Waals surface area contributed by atoms with E-state index in [0.717, 1.165) is 18.2 Å². The zero-order valence-electron chi connectivity index (χ0n) is 9.16. The lowest BCUT2D eigenvalue weighted by Crippen LogP contribution is -1.99. The Morgan fingerprint density at radius 2 is 1.89 bits per heavy atom. The van der Waals surface area contributed by atoms with Crippen LogP contribution in [-0.2, 0) is 6.54 Å². The van der Waals surface area contributed by atoms with E-state index in [9.17, 15) is 8.78 Å². The number of aromatic nitrogens is 1. The molecule has 0 saturated carbocycles. The Hall–Kier alpha value is -1.72. The van der Waals surface area contributed by atoms with E-state index in [0.29, 0.717) is 5.56 Å². The van der Waals surface area contributed by atoms with Gasteiger partial charge in [-0.15, -0.1) is 0 Å². The molecule has 3 nitrogen and oxygen atoms in total. The van der Waals surface area contributed by atoms with E-state index in [2.05, 4.69) is 4.98 Å². The molecule has 0 saturated heterocycles. The van der Waals surface area contributed by atoms with Crippen molar-refractivity contribution in [3.8, 4) is 11.6 Å². The van der Waals surface area contributed by atoms with Crippen LogP contribution < -0.4 is 10.5 Å². The van der Waals surface area contributed by atoms with E-state index in [1.807, 2.05) is 0 Å². The third kappa shape index (κ3) is 2.75. The van der Waals surface area contributed by atoms with Crippen LogP contribution in [0, 0.1) is 11.6 Å². The summed E-state index contributed by atoms with van der Waals surface area (Å²) in [5.41, 5.74) is 6.11. The highest BCUT2D eigenvalue weighted by Crippen LogP contribution is 2.30. The molecule has 6 heteroatoms. The standard InChI is InChI=1S/C12H9ClF2N2O/c13-11-7(6-16)1-2-17-12(11)18-10-4-8(14)3-9(15)5-10/h1-5H,6,16H2. The molecule has 18 heavy (non-hydrogen) atoms. The molecule has 0 aliphatic carbocycles. The molecular weight excluding hydrogens is 262 g/mol. The van der Waals surface area contributed by atoms with Crippen molar-refractivity contribution < 1.29 is 13.5 Å². The fraction of sp³-hybridized carbons (Fsp3) is 0.0833. The molecule has 1 heterocycles. The SMILES string of the molecule is NCc1ccnc(Oc2cc(F)cc(F)c2)c1Cl. The minimum absolute atomic E-state index is 0.0175. The third-order valence-electron chi connectivity index (χ3n) is 2.21. The zero-order valence-corrected chi connectivity index (χ0v) is 9.92. The highest BCUT2D eigenvalue weighted by atomic mass is 35.5. The van der Waals surface area contributed by atoms with E-state index < -0.39 is 11.6 Å². The first-order chi connectivity index (χ1) is 8.60. The summed E-state index contributed by atoms with van der Waals surface area (Å²) in [5.74, 6) is -1.44. The number of nitrogens with zero attached hydrogens (tertiary/aromatic N) is 1. The predicted molar refractivity (Wildman–Crippen MR) is 63.6 cm³/mol. The van der Waals surface area contributed by atoms with Crippen molar-refractivity contribution in [2.75, 3.05) is 0 Å². The van der Waals surface area contributed by atoms with Gasteiger partial charge < -0.3 is 10.5 Å². The van der Waals surface area contributed by atoms with Gasteiger partial charge >= 0.3 is 0 Å². The van der Waals surface area contributed by atoms with E-state index in [-0.39, 0.29) is 23.2 Å². The smallest absolute Gasteiger partial charge is 0.238 e. The van der Waals surface area contributed by atoms with Crippen molar-refractivity contribution in [3.63, 3.8) is 0 Å². The second-order valence-corrected chi connectivity index (χ2v) is 3.88. The van der Waals surface area contributed by atoms with E-state index in [1.165, 1.54) is 6.20 Å². The first kappa shape index (κ1) is 12.7. The topological polar surface area (TPSA) is 48.1 Å². The molecule has 0 unspecified atom stereocenters. The molecule has 0 aliphatic heterocycles. The van der Waals surface area contributed by atoms with Crippen LogP contribution in [0.5, 0.6) is 11.6 Å². The number of rotatable bonds is 3. The molecule has 94 valence electrons. The molecule has 0 spiro atoms. The van der Waals surface area contributed by atoms with Crippen LogP contribution in [0.4, 0.5) is 8.78 Å². The summed E-state index contributed by atoms with van der Waals surface area (Å²) in [6.07, 6.45) is 1.46. The summed E-state index contributed by atoms with van der Waals surface area (Å²) in [6.45, 7) is 0.217. The Balaban J connectivity index is 2.34. The van der Waals surface area contributed by atoms with Crippen molar-refractivity contribution >= 4 is 11.6 Å². The molecular formula is C12H9ClF2N2O. The summed E-state index contributed by atoms with van der Waals surface area (Å²) < 4.78 is 31.2. The maximum Gasteiger partial charge on any atom is 0.238 e. The molecule has 2 rings (SSSR count). The summed E-state index contributed by atoms with van der Waals surface area (Å²) in [7, 11) is 0. The second kappa shape index (κ2) is 5.29. The van der Waals surface area contributed by atoms with Gasteiger partial charge in [-0.3, -0.25) is 0 Å². The van der Waals surface area contributed by atoms with Crippen molar-refractivity contribution in [1.82, 2.24) is 4.98 Å². The van der Waals surface area contributed by atoms with Crippen LogP contribution in [-0.4, -0.2) is 4.98 Å². The number of ether oxygens (including phenoxy) is 1. The molecule has 1 aromatic carbocycles. The number of halogens is 3. The number of nitrogens with two attached hydrogens (primary N) is 1. The lowest BCUT2D eigenvalue weighted by molar-refractivity contribution is 0.451. The van der Waals surface area contributed by atoms with Crippen LogP contribution in [0.3, 0.4) is 0 Å². The van der Waals surface area contributed by atoms with Crippen LogP contribution in [0.15, 0.2) is 30.5 Å². The average molecular weight is 271 g/mol. The van der Waals surface area contributed by atoms with Gasteiger partial charge in [0.25, 0.3) is 0 Å². The van der Waals surface area contributed by atoms with E-state index in [4.69, 9.17) is 22.1 Å². The largest absolute Gasteiger partial charge is 0.437 e. The highest BCUT2D eigenvalue weighted by Gasteiger charge is 2.10. The molecule has 0 fully saturated rings. The number of hydrogen-bond acceptors (Lipinski definition) is 3. The Morgan fingerprint density at radius 3 is 2.50 bits per heavy atom. The quantitative estimate of drug-likeness (QED) is 0.931. The fourth-order valence-electron chi connectivity index (χ4n) is 1.39. The average Bonchev–Trinajstić information content (AvgIpc) is 2.30. The van der Waals surface area contributed by atoms with Gasteiger partial charge in [0.15, 0.2) is 0 Å². The van der Waals surface area contributed by atoms with Gasteiger partial charge in [0, 0.05) is 30.9 Å². The van der Waals surface area contributed by atoms with Crippen molar-refractivity contribution in [2.24, 2.45) is 5.73 Å². The molecule has 1 aromatic heterocycles. The van der Waals surface area contributed by atoms with Gasteiger partial charge in [-0.05, 0) is 11.6 Å². The Bertz CT molecular complexity index is 558. The highest BCUT2D eigenvalue weighted by molar-refractivity contribution is 6.32. The minimum Gasteiger partial charge on any atom is -0.437 e. The lowest BCUT2D eigenvalue weighted by atomic mass is 10.2. The number of benzene rings is 1. The van der Waals surface area contributed by atoms with Crippen LogP contribution in [0.2, 0.25) is 5.02 Å². The summed E-state index contributed by atoms with van der Waals surface area (Å²) in [6, 6.07) is 4.46. The molecule has 0 radical (unpaired) electrons. The van der Waals surface area contributed by atoms with Gasteiger partial charge in [-0.1, -0.05) is 11.6 Å². The predicted octanol–water partition coefficient (Wildman–Crippen LogP) is 3.26. The summed E-state index contributed by atoms with van der Waals surface area (Å²) in [5, 5.41) is 0.227. The molecule has 2 N–H and O–H groups in total. The first-order valence-corrected chi connectivity index (χ1v) is 5.45. The van der Waals surface area contributed by atoms with Crippen LogP contribution in [0.25, 0.3) is 0 Å². The van der Waals surface area contributed by atoms with E-state index in [1.54, 1.807) is 6.07 Å². The summed E-state index contributed by atoms with van der Waals surface area (Å²) in [4.78, 5) is 3.89. The van der Waals surface area contributed by atoms with Crippen LogP contribution in [0.1, 0.15) is 5.56 Å². The van der Waals surface area contributed by atoms with Gasteiger partial charge in [-0.25, -0.2) is 13.8 Å².